The Bertz CT molecular complexity index is 1050. The third kappa shape index (κ3) is 4.13. The number of nitrogens with one attached hydrogen (secondary N) is 1. The van der Waals surface area contributed by atoms with Crippen molar-refractivity contribution in [2.75, 3.05) is 0 Å². The number of alkyl halides is 3. The second-order valence-electron chi connectivity index (χ2n) is 7.92. The fourth-order valence-electron chi connectivity index (χ4n) is 3.76. The number of carbonyl (C=O) groups is 1. The number of aryl methyl sites for hydroxylation is 1. The predicted molar refractivity (Wildman–Crippen MR) is 113 cm³/mol. The van der Waals surface area contributed by atoms with Crippen LogP contribution in [0.3, 0.4) is 0 Å². The van der Waals surface area contributed by atoms with E-state index in [-0.39, 0.29) is 33.3 Å². The van der Waals surface area contributed by atoms with Gasteiger partial charge in [0, 0.05) is 33.6 Å². The highest BCUT2D eigenvalue weighted by atomic mass is 35.5. The van der Waals surface area contributed by atoms with Crippen LogP contribution >= 0.6 is 23.2 Å². The van der Waals surface area contributed by atoms with Gasteiger partial charge >= 0.3 is 6.18 Å². The molecule has 2 aliphatic rings. The molecule has 9 heteroatoms. The largest absolute Gasteiger partial charge is 0.435 e. The van der Waals surface area contributed by atoms with Crippen LogP contribution in [0.2, 0.25) is 10.0 Å². The molecule has 1 amide bonds. The van der Waals surface area contributed by atoms with E-state index in [4.69, 9.17) is 28.0 Å². The number of halogens is 5. The highest BCUT2D eigenvalue weighted by Gasteiger charge is 2.62. The number of rotatable bonds is 4. The number of carbonyl (C=O) groups excluding carboxylic acids is 1. The molecule has 1 saturated carbocycles. The number of nitrogens with zero attached hydrogens (tertiary/aromatic N) is 1. The van der Waals surface area contributed by atoms with Crippen molar-refractivity contribution in [1.29, 1.82) is 0 Å². The van der Waals surface area contributed by atoms with Crippen molar-refractivity contribution in [3.63, 3.8) is 0 Å². The van der Waals surface area contributed by atoms with Crippen molar-refractivity contribution in [2.45, 2.75) is 50.4 Å². The smallest absolute Gasteiger partial charge is 0.374 e. The lowest BCUT2D eigenvalue weighted by molar-refractivity contribution is -0.275. The van der Waals surface area contributed by atoms with Crippen molar-refractivity contribution >= 4 is 34.8 Å². The van der Waals surface area contributed by atoms with E-state index in [0.717, 1.165) is 19.3 Å². The molecular weight excluding hydrogens is 452 g/mol. The van der Waals surface area contributed by atoms with Crippen LogP contribution in [-0.2, 0) is 10.4 Å². The van der Waals surface area contributed by atoms with E-state index in [2.05, 4.69) is 10.5 Å². The number of hydrogen-bond donors (Lipinski definition) is 1. The zero-order valence-electron chi connectivity index (χ0n) is 16.5. The first kappa shape index (κ1) is 22.0. The Morgan fingerprint density at radius 1 is 1.16 bits per heavy atom. The van der Waals surface area contributed by atoms with Gasteiger partial charge in [0.1, 0.15) is 0 Å². The van der Waals surface area contributed by atoms with Gasteiger partial charge in [0.15, 0.2) is 0 Å². The second-order valence-corrected chi connectivity index (χ2v) is 8.79. The van der Waals surface area contributed by atoms with Crippen molar-refractivity contribution in [3.05, 3.63) is 68.7 Å². The average Bonchev–Trinajstić information content (AvgIpc) is 3.10. The molecule has 0 radical (unpaired) electrons. The molecule has 1 N–H and O–H groups in total. The number of hydrogen-bond acceptors (Lipinski definition) is 3. The lowest BCUT2D eigenvalue weighted by Gasteiger charge is -2.29. The van der Waals surface area contributed by atoms with Gasteiger partial charge in [-0.1, -0.05) is 34.4 Å². The summed E-state index contributed by atoms with van der Waals surface area (Å²) in [6.45, 7) is 1.74. The summed E-state index contributed by atoms with van der Waals surface area (Å²) in [5.74, 6) is -0.184. The Morgan fingerprint density at radius 3 is 2.39 bits per heavy atom. The predicted octanol–water partition coefficient (Wildman–Crippen LogP) is 6.17. The minimum atomic E-state index is -4.76. The van der Waals surface area contributed by atoms with Crippen molar-refractivity contribution in [3.8, 4) is 0 Å². The Morgan fingerprint density at radius 2 is 1.84 bits per heavy atom. The van der Waals surface area contributed by atoms with Gasteiger partial charge in [-0.25, -0.2) is 0 Å². The van der Waals surface area contributed by atoms with Gasteiger partial charge in [-0.2, -0.15) is 13.2 Å². The van der Waals surface area contributed by atoms with Gasteiger partial charge in [-0.3, -0.25) is 4.79 Å². The van der Waals surface area contributed by atoms with Crippen LogP contribution in [0.4, 0.5) is 13.2 Å². The summed E-state index contributed by atoms with van der Waals surface area (Å²) in [4.78, 5) is 17.5. The van der Waals surface area contributed by atoms with E-state index in [1.165, 1.54) is 18.2 Å². The molecule has 1 aliphatic heterocycles. The molecule has 0 saturated heterocycles. The van der Waals surface area contributed by atoms with Crippen LogP contribution < -0.4 is 5.32 Å². The van der Waals surface area contributed by atoms with Crippen LogP contribution in [0.25, 0.3) is 0 Å². The van der Waals surface area contributed by atoms with Gasteiger partial charge < -0.3 is 10.2 Å². The number of amides is 1. The molecule has 31 heavy (non-hydrogen) atoms. The van der Waals surface area contributed by atoms with Gasteiger partial charge in [0.25, 0.3) is 11.5 Å². The van der Waals surface area contributed by atoms with Crippen LogP contribution in [0, 0.1) is 6.92 Å². The van der Waals surface area contributed by atoms with Gasteiger partial charge in [0.05, 0.1) is 5.71 Å². The van der Waals surface area contributed by atoms with E-state index in [1.54, 1.807) is 25.1 Å². The highest BCUT2D eigenvalue weighted by Crippen LogP contribution is 2.49. The second kappa shape index (κ2) is 8.02. The first-order valence-electron chi connectivity index (χ1n) is 9.79. The van der Waals surface area contributed by atoms with Gasteiger partial charge in [0.2, 0.25) is 0 Å². The Hall–Kier alpha value is -2.25. The third-order valence-electron chi connectivity index (χ3n) is 5.76. The summed E-state index contributed by atoms with van der Waals surface area (Å²) < 4.78 is 42.4. The molecule has 4 nitrogen and oxygen atoms in total. The number of benzene rings is 2. The summed E-state index contributed by atoms with van der Waals surface area (Å²) in [5, 5.41) is 6.86. The fraction of sp³-hybridized carbons (Fsp3) is 0.364. The molecule has 1 fully saturated rings. The van der Waals surface area contributed by atoms with E-state index < -0.39 is 18.2 Å². The maximum atomic E-state index is 14.1. The minimum absolute atomic E-state index is 0.0702. The van der Waals surface area contributed by atoms with Crippen LogP contribution in [0.15, 0.2) is 41.6 Å². The quantitative estimate of drug-likeness (QED) is 0.580. The Labute approximate surface area is 187 Å². The van der Waals surface area contributed by atoms with E-state index in [0.29, 0.717) is 16.7 Å². The normalized spacial score (nSPS) is 21.3. The summed E-state index contributed by atoms with van der Waals surface area (Å²) in [6, 6.07) is 8.74. The molecule has 2 aromatic carbocycles. The summed E-state index contributed by atoms with van der Waals surface area (Å²) in [7, 11) is 0. The average molecular weight is 471 g/mol. The van der Waals surface area contributed by atoms with Crippen molar-refractivity contribution < 1.29 is 22.8 Å². The molecule has 2 aromatic rings. The standard InChI is InChI=1S/C22H19Cl2F3N2O2/c1-12-7-13(5-6-18(12)20(30)28-17-3-2-4-17)19-11-21(31-29-19,22(25,26)27)14-8-15(23)10-16(24)9-14/h5-10,17H,2-4,11H2,1H3,(H,28,30). The third-order valence-corrected chi connectivity index (χ3v) is 6.20. The summed E-state index contributed by atoms with van der Waals surface area (Å²) in [5.41, 5.74) is -1.19. The molecule has 4 rings (SSSR count). The Kier molecular flexibility index (Phi) is 5.68. The van der Waals surface area contributed by atoms with Crippen LogP contribution in [0.5, 0.6) is 0 Å². The molecule has 1 aliphatic carbocycles. The lowest BCUT2D eigenvalue weighted by atomic mass is 9.86. The lowest BCUT2D eigenvalue weighted by Crippen LogP contribution is -2.42. The maximum absolute atomic E-state index is 14.1. The number of oxime groups is 1. The zero-order valence-corrected chi connectivity index (χ0v) is 18.0. The maximum Gasteiger partial charge on any atom is 0.435 e. The molecule has 1 atom stereocenters. The monoisotopic (exact) mass is 470 g/mol. The Balaban J connectivity index is 1.61. The topological polar surface area (TPSA) is 50.7 Å². The first-order chi connectivity index (χ1) is 14.6. The van der Waals surface area contributed by atoms with Gasteiger partial charge in [-0.05, 0) is 67.6 Å². The van der Waals surface area contributed by atoms with E-state index in [1.807, 2.05) is 0 Å². The van der Waals surface area contributed by atoms with Crippen LogP contribution in [0.1, 0.15) is 52.7 Å². The fourth-order valence-corrected chi connectivity index (χ4v) is 4.29. The molecule has 0 spiro atoms. The molecular formula is C22H19Cl2F3N2O2. The van der Waals surface area contributed by atoms with E-state index in [9.17, 15) is 18.0 Å². The zero-order chi connectivity index (χ0) is 22.4. The molecule has 1 unspecified atom stereocenters. The highest BCUT2D eigenvalue weighted by molar-refractivity contribution is 6.34. The SMILES string of the molecule is Cc1cc(C2=NOC(c3cc(Cl)cc(Cl)c3)(C(F)(F)F)C2)ccc1C(=O)NC1CCC1. The first-order valence-corrected chi connectivity index (χ1v) is 10.5. The minimum Gasteiger partial charge on any atom is -0.374 e. The molecule has 0 bridgehead atoms. The molecule has 0 aromatic heterocycles. The summed E-state index contributed by atoms with van der Waals surface area (Å²) >= 11 is 11.9. The van der Waals surface area contributed by atoms with Crippen molar-refractivity contribution in [2.24, 2.45) is 5.16 Å². The molecule has 164 valence electrons. The van der Waals surface area contributed by atoms with Crippen molar-refractivity contribution in [1.82, 2.24) is 5.32 Å². The summed E-state index contributed by atoms with van der Waals surface area (Å²) in [6.07, 6.45) is -2.28. The van der Waals surface area contributed by atoms with Gasteiger partial charge in [-0.15, -0.1) is 0 Å². The van der Waals surface area contributed by atoms with E-state index >= 15 is 0 Å². The van der Waals surface area contributed by atoms with Crippen LogP contribution in [-0.4, -0.2) is 23.8 Å². The molecule has 1 heterocycles.